The molecule has 0 spiro atoms. The molecular formula is C20H19ClFN3O3S2. The van der Waals surface area contributed by atoms with Gasteiger partial charge < -0.3 is 4.90 Å². The molecular weight excluding hydrogens is 449 g/mol. The summed E-state index contributed by atoms with van der Waals surface area (Å²) in [6, 6.07) is 8.82. The molecule has 1 aromatic carbocycles. The predicted molar refractivity (Wildman–Crippen MR) is 116 cm³/mol. The second kappa shape index (κ2) is 9.22. The molecule has 0 bridgehead atoms. The number of amides is 1. The largest absolute Gasteiger partial charge is 0.306 e. The lowest BCUT2D eigenvalue weighted by molar-refractivity contribution is -0.118. The lowest BCUT2D eigenvalue weighted by Crippen LogP contribution is -2.41. The quantitative estimate of drug-likeness (QED) is 0.524. The average molecular weight is 468 g/mol. The predicted octanol–water partition coefficient (Wildman–Crippen LogP) is 4.10. The Bertz CT molecular complexity index is 1150. The zero-order valence-corrected chi connectivity index (χ0v) is 18.6. The Morgan fingerprint density at radius 3 is 2.63 bits per heavy atom. The van der Waals surface area contributed by atoms with Crippen LogP contribution in [0.25, 0.3) is 0 Å². The first-order valence-electron chi connectivity index (χ1n) is 8.85. The van der Waals surface area contributed by atoms with Crippen LogP contribution >= 0.6 is 22.9 Å². The van der Waals surface area contributed by atoms with Crippen molar-refractivity contribution in [2.75, 3.05) is 18.5 Å². The molecule has 0 unspecified atom stereocenters. The molecule has 0 saturated heterocycles. The molecule has 0 saturated carbocycles. The fraction of sp³-hybridized carbons (Fsp3) is 0.200. The summed E-state index contributed by atoms with van der Waals surface area (Å²) < 4.78 is 40.1. The van der Waals surface area contributed by atoms with Crippen LogP contribution in [0.3, 0.4) is 0 Å². The third kappa shape index (κ3) is 4.86. The van der Waals surface area contributed by atoms with Crippen LogP contribution in [0, 0.1) is 12.7 Å². The maximum atomic E-state index is 13.6. The molecule has 0 N–H and O–H groups in total. The number of anilines is 1. The minimum atomic E-state index is -3.89. The second-order valence-corrected chi connectivity index (χ2v) is 10.0. The van der Waals surface area contributed by atoms with Crippen molar-refractivity contribution in [2.45, 2.75) is 18.4 Å². The zero-order valence-electron chi connectivity index (χ0n) is 16.2. The van der Waals surface area contributed by atoms with Gasteiger partial charge in [0.15, 0.2) is 0 Å². The number of aromatic nitrogens is 1. The van der Waals surface area contributed by atoms with Crippen molar-refractivity contribution in [1.29, 1.82) is 0 Å². The van der Waals surface area contributed by atoms with E-state index in [1.807, 2.05) is 18.4 Å². The van der Waals surface area contributed by atoms with Crippen molar-refractivity contribution in [3.63, 3.8) is 0 Å². The SMILES string of the molecule is Cc1ccsc1CN(C(=O)CN(C)S(=O)(=O)c1cccnc1)c1ccc(F)c(Cl)c1. The van der Waals surface area contributed by atoms with E-state index in [4.69, 9.17) is 11.6 Å². The summed E-state index contributed by atoms with van der Waals surface area (Å²) >= 11 is 7.39. The Kier molecular flexibility index (Phi) is 6.87. The summed E-state index contributed by atoms with van der Waals surface area (Å²) in [5, 5.41) is 1.79. The van der Waals surface area contributed by atoms with Gasteiger partial charge in [0.2, 0.25) is 15.9 Å². The molecule has 10 heteroatoms. The van der Waals surface area contributed by atoms with Crippen LogP contribution in [0.15, 0.2) is 59.1 Å². The van der Waals surface area contributed by atoms with Crippen molar-refractivity contribution in [3.05, 3.63) is 75.5 Å². The number of rotatable bonds is 7. The highest BCUT2D eigenvalue weighted by Gasteiger charge is 2.27. The molecule has 0 aliphatic rings. The highest BCUT2D eigenvalue weighted by molar-refractivity contribution is 7.89. The summed E-state index contributed by atoms with van der Waals surface area (Å²) in [7, 11) is -2.57. The number of pyridine rings is 1. The molecule has 0 atom stereocenters. The number of halogens is 2. The van der Waals surface area contributed by atoms with E-state index in [0.717, 1.165) is 14.7 Å². The Morgan fingerprint density at radius 2 is 2.03 bits per heavy atom. The van der Waals surface area contributed by atoms with Crippen LogP contribution in [-0.2, 0) is 21.4 Å². The van der Waals surface area contributed by atoms with Crippen LogP contribution in [0.1, 0.15) is 10.4 Å². The summed E-state index contributed by atoms with van der Waals surface area (Å²) in [5.74, 6) is -1.07. The molecule has 3 aromatic rings. The molecule has 0 aliphatic heterocycles. The number of aryl methyl sites for hydroxylation is 1. The first-order valence-corrected chi connectivity index (χ1v) is 11.5. The number of benzene rings is 1. The Hall–Kier alpha value is -2.33. The maximum absolute atomic E-state index is 13.6. The first-order chi connectivity index (χ1) is 14.2. The van der Waals surface area contributed by atoms with Crippen molar-refractivity contribution in [1.82, 2.24) is 9.29 Å². The van der Waals surface area contributed by atoms with E-state index in [-0.39, 0.29) is 16.5 Å². The summed E-state index contributed by atoms with van der Waals surface area (Å²) in [6.07, 6.45) is 2.69. The number of sulfonamides is 1. The fourth-order valence-corrected chi connectivity index (χ4v) is 4.88. The van der Waals surface area contributed by atoms with Gasteiger partial charge in [0.1, 0.15) is 10.7 Å². The molecule has 0 radical (unpaired) electrons. The van der Waals surface area contributed by atoms with Gasteiger partial charge >= 0.3 is 0 Å². The van der Waals surface area contributed by atoms with Crippen molar-refractivity contribution < 1.29 is 17.6 Å². The lowest BCUT2D eigenvalue weighted by atomic mass is 10.2. The Labute approximate surface area is 183 Å². The minimum absolute atomic E-state index is 0.00854. The van der Waals surface area contributed by atoms with Gasteiger partial charge in [-0.25, -0.2) is 12.8 Å². The summed E-state index contributed by atoms with van der Waals surface area (Å²) in [6.45, 7) is 1.73. The molecule has 0 fully saturated rings. The molecule has 6 nitrogen and oxygen atoms in total. The van der Waals surface area contributed by atoms with Crippen LogP contribution < -0.4 is 4.90 Å². The number of carbonyl (C=O) groups excluding carboxylic acids is 1. The van der Waals surface area contributed by atoms with E-state index in [2.05, 4.69) is 4.98 Å². The van der Waals surface area contributed by atoms with Gasteiger partial charge in [-0.05, 0) is 54.3 Å². The number of likely N-dealkylation sites (N-methyl/N-ethyl adjacent to an activating group) is 1. The highest BCUT2D eigenvalue weighted by atomic mass is 35.5. The van der Waals surface area contributed by atoms with Gasteiger partial charge in [0.05, 0.1) is 18.1 Å². The molecule has 3 rings (SSSR count). The fourth-order valence-electron chi connectivity index (χ4n) is 2.73. The van der Waals surface area contributed by atoms with Crippen LogP contribution in [0.2, 0.25) is 5.02 Å². The van der Waals surface area contributed by atoms with Gasteiger partial charge in [-0.1, -0.05) is 11.6 Å². The summed E-state index contributed by atoms with van der Waals surface area (Å²) in [4.78, 5) is 19.3. The third-order valence-electron chi connectivity index (χ3n) is 4.49. The first kappa shape index (κ1) is 22.4. The monoisotopic (exact) mass is 467 g/mol. The summed E-state index contributed by atoms with van der Waals surface area (Å²) in [5.41, 5.74) is 1.38. The van der Waals surface area contributed by atoms with E-state index >= 15 is 0 Å². The second-order valence-electron chi connectivity index (χ2n) is 6.55. The van der Waals surface area contributed by atoms with Gasteiger partial charge in [0.25, 0.3) is 0 Å². The van der Waals surface area contributed by atoms with Crippen molar-refractivity contribution in [2.24, 2.45) is 0 Å². The van der Waals surface area contributed by atoms with E-state index in [0.29, 0.717) is 5.69 Å². The molecule has 1 amide bonds. The molecule has 2 aromatic heterocycles. The van der Waals surface area contributed by atoms with E-state index < -0.39 is 28.3 Å². The van der Waals surface area contributed by atoms with Gasteiger partial charge in [0, 0.05) is 30.0 Å². The Morgan fingerprint density at radius 1 is 1.27 bits per heavy atom. The van der Waals surface area contributed by atoms with E-state index in [1.54, 1.807) is 0 Å². The molecule has 158 valence electrons. The number of thiophene rings is 1. The highest BCUT2D eigenvalue weighted by Crippen LogP contribution is 2.27. The van der Waals surface area contributed by atoms with Crippen LogP contribution in [0.4, 0.5) is 10.1 Å². The number of hydrogen-bond donors (Lipinski definition) is 0. The van der Waals surface area contributed by atoms with E-state index in [9.17, 15) is 17.6 Å². The van der Waals surface area contributed by atoms with E-state index in [1.165, 1.54) is 66.0 Å². The number of hydrogen-bond acceptors (Lipinski definition) is 5. The lowest BCUT2D eigenvalue weighted by Gasteiger charge is -2.26. The Balaban J connectivity index is 1.89. The molecule has 2 heterocycles. The minimum Gasteiger partial charge on any atom is -0.306 e. The topological polar surface area (TPSA) is 70.6 Å². The third-order valence-corrected chi connectivity index (χ3v) is 7.57. The smallest absolute Gasteiger partial charge is 0.244 e. The average Bonchev–Trinajstić information content (AvgIpc) is 3.13. The van der Waals surface area contributed by atoms with Gasteiger partial charge in [-0.3, -0.25) is 9.78 Å². The van der Waals surface area contributed by atoms with Crippen LogP contribution in [0.5, 0.6) is 0 Å². The van der Waals surface area contributed by atoms with Crippen molar-refractivity contribution >= 4 is 44.6 Å². The molecule has 0 aliphatic carbocycles. The van der Waals surface area contributed by atoms with Gasteiger partial charge in [-0.2, -0.15) is 4.31 Å². The maximum Gasteiger partial charge on any atom is 0.244 e. The standard InChI is InChI=1S/C20H19ClFN3O3S2/c1-14-7-9-29-19(14)12-25(15-5-6-18(22)17(21)10-15)20(26)13-24(2)30(27,28)16-4-3-8-23-11-16/h3-11H,12-13H2,1-2H3. The van der Waals surface area contributed by atoms with Crippen molar-refractivity contribution in [3.8, 4) is 0 Å². The number of carbonyl (C=O) groups is 1. The normalized spacial score (nSPS) is 11.6. The number of nitrogens with zero attached hydrogens (tertiary/aromatic N) is 3. The zero-order chi connectivity index (χ0) is 21.9. The van der Waals surface area contributed by atoms with Gasteiger partial charge in [-0.15, -0.1) is 11.3 Å². The molecule has 30 heavy (non-hydrogen) atoms. The van der Waals surface area contributed by atoms with Crippen LogP contribution in [-0.4, -0.2) is 37.2 Å².